The zero-order valence-electron chi connectivity index (χ0n) is 17.3. The lowest BCUT2D eigenvalue weighted by molar-refractivity contribution is -0.432. The largest absolute Gasteiger partial charge is 0.413 e. The molecule has 1 aromatic rings. The molecular weight excluding hydrogens is 512 g/mol. The first-order valence-corrected chi connectivity index (χ1v) is 10.6. The monoisotopic (exact) mass is 518 g/mol. The van der Waals surface area contributed by atoms with E-state index in [1.54, 1.807) is 0 Å². The molecule has 0 aromatic heterocycles. The minimum Gasteiger partial charge on any atom is -0.413 e. The van der Waals surface area contributed by atoms with Crippen LogP contribution in [0.3, 0.4) is 0 Å². The minimum atomic E-state index is -4.88. The summed E-state index contributed by atoms with van der Waals surface area (Å²) in [5.41, 5.74) is 0. The van der Waals surface area contributed by atoms with Crippen LogP contribution < -0.4 is 9.47 Å². The van der Waals surface area contributed by atoms with Crippen molar-refractivity contribution in [3.63, 3.8) is 0 Å². The molecule has 0 aliphatic heterocycles. The first-order valence-electron chi connectivity index (χ1n) is 8.40. The Morgan fingerprint density at radius 3 is 1.81 bits per heavy atom. The maximum absolute atomic E-state index is 12.1. The molecule has 0 saturated carbocycles. The van der Waals surface area contributed by atoms with E-state index >= 15 is 0 Å². The summed E-state index contributed by atoms with van der Waals surface area (Å²) in [7, 11) is -4.88. The Hall–Kier alpha value is -5.22. The normalized spacial score (nSPS) is 8.22. The van der Waals surface area contributed by atoms with E-state index in [0.717, 1.165) is 6.07 Å². The third-order valence-corrected chi connectivity index (χ3v) is 4.26. The lowest BCUT2D eigenvalue weighted by atomic mass is 10.3. The Labute approximate surface area is 209 Å². The molecule has 12 heteroatoms. The van der Waals surface area contributed by atoms with Crippen molar-refractivity contribution in [1.29, 1.82) is 0 Å². The number of carbonyl (C=O) groups is 2. The van der Waals surface area contributed by atoms with Crippen molar-refractivity contribution < 1.29 is 46.7 Å². The van der Waals surface area contributed by atoms with Gasteiger partial charge in [0.15, 0.2) is 11.5 Å². The molecule has 0 aliphatic rings. The van der Waals surface area contributed by atoms with E-state index in [9.17, 15) is 22.6 Å². The highest BCUT2D eigenvalue weighted by molar-refractivity contribution is 7.94. The molecule has 10 nitrogen and oxygen atoms in total. The van der Waals surface area contributed by atoms with Crippen LogP contribution in [0.1, 0.15) is 0 Å². The van der Waals surface area contributed by atoms with E-state index in [0.29, 0.717) is 6.07 Å². The molecule has 0 amide bonds. The second kappa shape index (κ2) is 15.6. The van der Waals surface area contributed by atoms with Crippen LogP contribution in [0.15, 0.2) is 21.9 Å². The number of hydrogen-bond donors (Lipinski definition) is 2. The molecule has 2 N–H and O–H groups in total. The van der Waals surface area contributed by atoms with Gasteiger partial charge in [-0.1, -0.05) is 5.04 Å². The Morgan fingerprint density at radius 2 is 1.31 bits per heavy atom. The third kappa shape index (κ3) is 11.1. The Balaban J connectivity index is 3.47. The number of benzene rings is 1. The Bertz CT molecular complexity index is 1640. The van der Waals surface area contributed by atoms with E-state index in [-0.39, 0.29) is 12.0 Å². The average molecular weight is 518 g/mol. The van der Waals surface area contributed by atoms with Gasteiger partial charge in [-0.05, 0) is 77.1 Å². The van der Waals surface area contributed by atoms with Gasteiger partial charge >= 0.3 is 11.9 Å². The lowest BCUT2D eigenvalue weighted by Crippen LogP contribution is -2.12. The highest BCUT2D eigenvalue weighted by atomic mass is 32.2. The average Bonchev–Trinajstić information content (AvgIpc) is 2.82. The second-order valence-electron chi connectivity index (χ2n) is 5.02. The second-order valence-corrected chi connectivity index (χ2v) is 7.18. The van der Waals surface area contributed by atoms with Crippen LogP contribution in [-0.4, -0.2) is 30.2 Å². The molecule has 0 heterocycles. The number of carbonyl (C=O) groups excluding carboxylic acids is 2. The summed E-state index contributed by atoms with van der Waals surface area (Å²) in [6, 6.07) is 1.37. The smallest absolute Gasteiger partial charge is 0.390 e. The van der Waals surface area contributed by atoms with Crippen LogP contribution in [0, 0.1) is 95.7 Å². The van der Waals surface area contributed by atoms with E-state index in [1.165, 1.54) is 0 Å². The molecule has 1 rings (SSSR count). The summed E-state index contributed by atoms with van der Waals surface area (Å²) in [4.78, 5) is 22.9. The summed E-state index contributed by atoms with van der Waals surface area (Å²) in [5, 5.41) is 11.8. The fourth-order valence-corrected chi connectivity index (χ4v) is 2.75. The zero-order valence-corrected chi connectivity index (χ0v) is 18.9. The summed E-state index contributed by atoms with van der Waals surface area (Å²) in [5.74, 6) is 25.9. The maximum Gasteiger partial charge on any atom is 0.390 e. The number of terminal acetylenes is 2. The van der Waals surface area contributed by atoms with Gasteiger partial charge in [0.2, 0.25) is 0 Å². The molecule has 0 aliphatic carbocycles. The van der Waals surface area contributed by atoms with Gasteiger partial charge in [-0.3, -0.25) is 4.55 Å². The molecule has 0 radical (unpaired) electrons. The predicted octanol–water partition coefficient (Wildman–Crippen LogP) is 0.459. The fourth-order valence-electron chi connectivity index (χ4n) is 1.66. The van der Waals surface area contributed by atoms with Gasteiger partial charge in [0, 0.05) is 17.9 Å². The number of hydrogen-bond acceptors (Lipinski definition) is 10. The van der Waals surface area contributed by atoms with E-state index in [1.807, 2.05) is 23.7 Å². The predicted molar refractivity (Wildman–Crippen MR) is 123 cm³/mol. The van der Waals surface area contributed by atoms with Gasteiger partial charge in [0.1, 0.15) is 0 Å². The fraction of sp³-hybridized carbons (Fsp3) is 0. The standard InChI is InChI=1S/C24H6O10S2/c1-3-5-7-9-11-13-15-22(25)31-20-17-19(36(28,29)30)18-21(35-34-33-27)24(20)32-23(26)16-14-12-10-8-6-4-2/h1-2,17-18,27H,(H,28,29,30). The Morgan fingerprint density at radius 1 is 0.806 bits per heavy atom. The topological polar surface area (TPSA) is 146 Å². The van der Waals surface area contributed by atoms with Crippen LogP contribution in [0.5, 0.6) is 11.5 Å². The summed E-state index contributed by atoms with van der Waals surface area (Å²) in [6.07, 6.45) is 9.82. The molecule has 0 atom stereocenters. The molecule has 0 spiro atoms. The van der Waals surface area contributed by atoms with Crippen molar-refractivity contribution in [1.82, 2.24) is 0 Å². The minimum absolute atomic E-state index is 0.108. The van der Waals surface area contributed by atoms with Crippen molar-refractivity contribution in [2.75, 3.05) is 0 Å². The SMILES string of the molecule is C#CC#CC#CC#CC(=O)Oc1cc(S(=O)(=O)O)cc(SOOO)c1OC(=O)C#CC#CC#CC#C. The van der Waals surface area contributed by atoms with Gasteiger partial charge in [0.05, 0.1) is 21.8 Å². The molecule has 0 fully saturated rings. The molecule has 174 valence electrons. The van der Waals surface area contributed by atoms with E-state index < -0.39 is 43.3 Å². The summed E-state index contributed by atoms with van der Waals surface area (Å²) in [6.45, 7) is 0. The van der Waals surface area contributed by atoms with Crippen LogP contribution in [-0.2, 0) is 29.1 Å². The number of esters is 2. The van der Waals surface area contributed by atoms with Crippen LogP contribution in [0.4, 0.5) is 0 Å². The van der Waals surface area contributed by atoms with Crippen molar-refractivity contribution in [2.45, 2.75) is 9.79 Å². The molecule has 0 saturated heterocycles. The van der Waals surface area contributed by atoms with Crippen molar-refractivity contribution >= 4 is 34.1 Å². The van der Waals surface area contributed by atoms with Crippen molar-refractivity contribution in [3.05, 3.63) is 12.1 Å². The molecular formula is C24H6O10S2. The van der Waals surface area contributed by atoms with Gasteiger partial charge in [-0.25, -0.2) is 14.8 Å². The van der Waals surface area contributed by atoms with Gasteiger partial charge in [-0.2, -0.15) is 8.42 Å². The van der Waals surface area contributed by atoms with Crippen molar-refractivity contribution in [2.24, 2.45) is 0 Å². The first-order chi connectivity index (χ1) is 17.2. The molecule has 0 bridgehead atoms. The lowest BCUT2D eigenvalue weighted by Gasteiger charge is -2.12. The van der Waals surface area contributed by atoms with E-state index in [4.69, 9.17) is 27.6 Å². The van der Waals surface area contributed by atoms with Crippen molar-refractivity contribution in [3.8, 4) is 107 Å². The van der Waals surface area contributed by atoms with Crippen LogP contribution in [0.25, 0.3) is 0 Å². The highest BCUT2D eigenvalue weighted by Gasteiger charge is 2.24. The Kier molecular flexibility index (Phi) is 12.5. The van der Waals surface area contributed by atoms with Crippen LogP contribution >= 0.6 is 12.0 Å². The van der Waals surface area contributed by atoms with Crippen LogP contribution in [0.2, 0.25) is 0 Å². The van der Waals surface area contributed by atoms with Gasteiger partial charge < -0.3 is 9.47 Å². The van der Waals surface area contributed by atoms with Gasteiger partial charge in [-0.15, -0.1) is 17.2 Å². The highest BCUT2D eigenvalue weighted by Crippen LogP contribution is 2.41. The maximum atomic E-state index is 12.1. The quantitative estimate of drug-likeness (QED) is 0.0792. The molecule has 0 unspecified atom stereocenters. The summed E-state index contributed by atoms with van der Waals surface area (Å²) >= 11 is 0.108. The number of rotatable bonds is 6. The third-order valence-electron chi connectivity index (χ3n) is 2.82. The zero-order chi connectivity index (χ0) is 26.8. The molecule has 36 heavy (non-hydrogen) atoms. The van der Waals surface area contributed by atoms with Gasteiger partial charge in [0.25, 0.3) is 10.1 Å². The summed E-state index contributed by atoms with van der Waals surface area (Å²) < 4.78 is 46.7. The number of ether oxygens (including phenoxy) is 2. The van der Waals surface area contributed by atoms with E-state index in [2.05, 4.69) is 68.6 Å². The molecule has 1 aromatic carbocycles. The first kappa shape index (κ1) is 28.8.